The molecule has 0 unspecified atom stereocenters. The van der Waals surface area contributed by atoms with E-state index < -0.39 is 21.3 Å². The van der Waals surface area contributed by atoms with Crippen molar-refractivity contribution < 1.29 is 18.3 Å². The fraction of sp³-hybridized carbons (Fsp3) is 0.519. The van der Waals surface area contributed by atoms with Crippen molar-refractivity contribution in [1.29, 1.82) is 0 Å². The zero-order valence-electron chi connectivity index (χ0n) is 22.0. The minimum absolute atomic E-state index is 0.0997. The van der Waals surface area contributed by atoms with E-state index in [1.807, 2.05) is 0 Å². The van der Waals surface area contributed by atoms with Crippen molar-refractivity contribution in [3.05, 3.63) is 50.9 Å². The van der Waals surface area contributed by atoms with E-state index in [1.165, 1.54) is 26.6 Å². The molecule has 1 amide bonds. The second-order valence-electron chi connectivity index (χ2n) is 11.0. The first-order valence-electron chi connectivity index (χ1n) is 13.2. The van der Waals surface area contributed by atoms with Gasteiger partial charge in [-0.15, -0.1) is 0 Å². The highest BCUT2D eigenvalue weighted by molar-refractivity contribution is 7.92. The highest BCUT2D eigenvalue weighted by atomic mass is 32.2. The number of carbonyl (C=O) groups is 1. The predicted molar refractivity (Wildman–Crippen MR) is 146 cm³/mol. The van der Waals surface area contributed by atoms with Crippen LogP contribution < -0.4 is 11.0 Å². The molecule has 3 aliphatic rings. The number of aromatic amines is 1. The number of rotatable bonds is 5. The zero-order valence-corrected chi connectivity index (χ0v) is 22.8. The van der Waals surface area contributed by atoms with Crippen LogP contribution in [-0.4, -0.2) is 57.8 Å². The maximum absolute atomic E-state index is 13.1. The van der Waals surface area contributed by atoms with Crippen molar-refractivity contribution in [2.75, 3.05) is 13.1 Å². The Kier molecular flexibility index (Phi) is 6.85. The second kappa shape index (κ2) is 9.85. The van der Waals surface area contributed by atoms with Gasteiger partial charge in [0.25, 0.3) is 5.91 Å². The summed E-state index contributed by atoms with van der Waals surface area (Å²) in [7, 11) is -3.71. The Hall–Kier alpha value is -3.18. The van der Waals surface area contributed by atoms with E-state index in [2.05, 4.69) is 17.2 Å². The first-order valence-corrected chi connectivity index (χ1v) is 14.7. The lowest BCUT2D eigenvalue weighted by molar-refractivity contribution is -0.125. The van der Waals surface area contributed by atoms with Crippen LogP contribution in [0.2, 0.25) is 0 Å². The number of hydrogen-bond acceptors (Lipinski definition) is 6. The molecule has 2 aliphatic heterocycles. The number of aryl methyl sites for hydroxylation is 2. The van der Waals surface area contributed by atoms with E-state index in [9.17, 15) is 23.1 Å². The van der Waals surface area contributed by atoms with E-state index in [1.54, 1.807) is 26.0 Å². The van der Waals surface area contributed by atoms with Crippen molar-refractivity contribution >= 4 is 27.8 Å². The van der Waals surface area contributed by atoms with Crippen LogP contribution in [0, 0.1) is 25.7 Å². The fourth-order valence-corrected chi connectivity index (χ4v) is 7.18. The summed E-state index contributed by atoms with van der Waals surface area (Å²) in [6.07, 6.45) is 7.82. The van der Waals surface area contributed by atoms with Crippen molar-refractivity contribution in [2.45, 2.75) is 64.8 Å². The molecule has 3 heterocycles. The number of piperidine rings is 1. The number of imidazole rings is 1. The first-order chi connectivity index (χ1) is 18.0. The van der Waals surface area contributed by atoms with E-state index in [0.29, 0.717) is 41.1 Å². The van der Waals surface area contributed by atoms with Crippen LogP contribution in [-0.2, 0) is 14.8 Å². The second-order valence-corrected chi connectivity index (χ2v) is 12.8. The van der Waals surface area contributed by atoms with Crippen LogP contribution in [0.15, 0.2) is 33.5 Å². The van der Waals surface area contributed by atoms with Crippen LogP contribution in [0.25, 0.3) is 11.8 Å². The summed E-state index contributed by atoms with van der Waals surface area (Å²) in [5.74, 6) is 1.50. The summed E-state index contributed by atoms with van der Waals surface area (Å²) in [5, 5.41) is 14.2. The number of amidine groups is 1. The normalized spacial score (nSPS) is 24.2. The van der Waals surface area contributed by atoms with E-state index in [-0.39, 0.29) is 30.8 Å². The van der Waals surface area contributed by atoms with E-state index >= 15 is 0 Å². The zero-order chi connectivity index (χ0) is 27.2. The van der Waals surface area contributed by atoms with Crippen LogP contribution in [0.3, 0.4) is 0 Å². The van der Waals surface area contributed by atoms with Crippen molar-refractivity contribution in [3.8, 4) is 11.6 Å². The average Bonchev–Trinajstić information content (AvgIpc) is 3.37. The van der Waals surface area contributed by atoms with Crippen LogP contribution in [0.4, 0.5) is 0 Å². The van der Waals surface area contributed by atoms with Crippen molar-refractivity contribution in [3.63, 3.8) is 0 Å². The van der Waals surface area contributed by atoms with Gasteiger partial charge in [0, 0.05) is 24.4 Å². The van der Waals surface area contributed by atoms with Gasteiger partial charge in [-0.25, -0.2) is 17.8 Å². The molecule has 1 saturated heterocycles. The average molecular weight is 542 g/mol. The topological polar surface area (TPSA) is 137 Å². The van der Waals surface area contributed by atoms with Gasteiger partial charge in [-0.1, -0.05) is 19.8 Å². The summed E-state index contributed by atoms with van der Waals surface area (Å²) in [6.45, 7) is 6.31. The summed E-state index contributed by atoms with van der Waals surface area (Å²) in [6, 6.07) is 3.53. The fourth-order valence-electron chi connectivity index (χ4n) is 5.98. The number of benzene rings is 1. The maximum atomic E-state index is 13.1. The highest BCUT2D eigenvalue weighted by Gasteiger charge is 2.48. The molecule has 10 nitrogen and oxygen atoms in total. The molecule has 5 rings (SSSR count). The number of amides is 1. The molecule has 2 aromatic rings. The van der Waals surface area contributed by atoms with Gasteiger partial charge in [0.05, 0.1) is 11.9 Å². The minimum atomic E-state index is -3.71. The molecule has 0 bridgehead atoms. The van der Waals surface area contributed by atoms with Crippen LogP contribution in [0.5, 0.6) is 5.88 Å². The van der Waals surface area contributed by atoms with Gasteiger partial charge < -0.3 is 15.4 Å². The summed E-state index contributed by atoms with van der Waals surface area (Å²) < 4.78 is 28.8. The molecular weight excluding hydrogens is 506 g/mol. The molecule has 11 heteroatoms. The van der Waals surface area contributed by atoms with Crippen molar-refractivity contribution in [1.82, 2.24) is 19.2 Å². The molecule has 0 radical (unpaired) electrons. The summed E-state index contributed by atoms with van der Waals surface area (Å²) in [5.41, 5.74) is 1.32. The summed E-state index contributed by atoms with van der Waals surface area (Å²) >= 11 is 0. The molecule has 0 atom stereocenters. The van der Waals surface area contributed by atoms with Gasteiger partial charge in [-0.2, -0.15) is 4.31 Å². The quantitative estimate of drug-likeness (QED) is 0.535. The van der Waals surface area contributed by atoms with E-state index in [4.69, 9.17) is 4.99 Å². The molecule has 204 valence electrons. The van der Waals surface area contributed by atoms with Gasteiger partial charge in [0.1, 0.15) is 11.4 Å². The number of aliphatic imine (C=N–C) groups is 1. The number of carbonyl (C=O) groups excluding carboxylic acids is 1. The molecule has 1 aliphatic carbocycles. The number of aromatic hydroxyl groups is 1. The standard InChI is InChI=1S/C27H35N5O5S/c1-17-4-6-21(7-5-17)24-29-25(34)27(30-24)9-11-31(12-10-27)38(36,37)13-8-20-14-18(2)23(19(3)15-20)32-22(33)16-28-26(32)35/h8,13-17,21,33H,4-7,9-12H2,1-3H3,(H,28,35)(H,29,30,34). The number of hydrogen-bond donors (Lipinski definition) is 3. The smallest absolute Gasteiger partial charge is 0.333 e. The maximum Gasteiger partial charge on any atom is 0.333 e. The Morgan fingerprint density at radius 2 is 1.71 bits per heavy atom. The number of sulfonamides is 1. The third-order valence-corrected chi connectivity index (χ3v) is 9.80. The first kappa shape index (κ1) is 26.4. The van der Waals surface area contributed by atoms with Gasteiger partial charge in [-0.3, -0.25) is 9.79 Å². The largest absolute Gasteiger partial charge is 0.493 e. The van der Waals surface area contributed by atoms with E-state index in [0.717, 1.165) is 31.5 Å². The molecule has 3 N–H and O–H groups in total. The Labute approximate surface area is 222 Å². The summed E-state index contributed by atoms with van der Waals surface area (Å²) in [4.78, 5) is 32.3. The number of H-pyrrole nitrogens is 1. The molecule has 38 heavy (non-hydrogen) atoms. The molecule has 1 aromatic carbocycles. The third-order valence-electron chi connectivity index (χ3n) is 8.24. The number of nitrogens with one attached hydrogen (secondary N) is 2. The van der Waals surface area contributed by atoms with Gasteiger partial charge >= 0.3 is 5.69 Å². The van der Waals surface area contributed by atoms with Gasteiger partial charge in [0.15, 0.2) is 0 Å². The van der Waals surface area contributed by atoms with Gasteiger partial charge in [0.2, 0.25) is 15.9 Å². The van der Waals surface area contributed by atoms with Crippen LogP contribution in [0.1, 0.15) is 62.1 Å². The molecule has 1 aromatic heterocycles. The Balaban J connectivity index is 1.28. The minimum Gasteiger partial charge on any atom is -0.493 e. The number of aromatic nitrogens is 2. The lowest BCUT2D eigenvalue weighted by atomic mass is 9.82. The Morgan fingerprint density at radius 3 is 2.29 bits per heavy atom. The monoisotopic (exact) mass is 541 g/mol. The SMILES string of the molecule is Cc1cc(C=CS(=O)(=O)N2CCC3(CC2)N=C(C2CCC(C)CC2)NC3=O)cc(C)c1-n1c(O)c[nH]c1=O. The lowest BCUT2D eigenvalue weighted by Gasteiger charge is -2.34. The molecule has 1 saturated carbocycles. The molecular formula is C27H35N5O5S. The highest BCUT2D eigenvalue weighted by Crippen LogP contribution is 2.36. The van der Waals surface area contributed by atoms with Crippen molar-refractivity contribution in [2.24, 2.45) is 16.8 Å². The predicted octanol–water partition coefficient (Wildman–Crippen LogP) is 2.98. The van der Waals surface area contributed by atoms with Gasteiger partial charge in [-0.05, 0) is 80.3 Å². The third kappa shape index (κ3) is 4.84. The Bertz CT molecular complexity index is 1450. The molecule has 1 spiro atoms. The lowest BCUT2D eigenvalue weighted by Crippen LogP contribution is -2.50. The Morgan fingerprint density at radius 1 is 1.08 bits per heavy atom. The molecule has 2 fully saturated rings. The number of nitrogens with zero attached hydrogens (tertiary/aromatic N) is 3. The van der Waals surface area contributed by atoms with Crippen LogP contribution >= 0.6 is 0 Å².